The van der Waals surface area contributed by atoms with Crippen LogP contribution in [0.2, 0.25) is 0 Å². The lowest BCUT2D eigenvalue weighted by Crippen LogP contribution is -2.35. The van der Waals surface area contributed by atoms with Crippen LogP contribution in [0.1, 0.15) is 19.8 Å². The molecule has 0 saturated heterocycles. The molecule has 23 heavy (non-hydrogen) atoms. The van der Waals surface area contributed by atoms with E-state index in [0.717, 1.165) is 17.9 Å². The molecule has 0 aromatic heterocycles. The lowest BCUT2D eigenvalue weighted by molar-refractivity contribution is -0.136. The molecule has 2 N–H and O–H groups in total. The number of para-hydroxylation sites is 1. The van der Waals surface area contributed by atoms with Crippen LogP contribution in [0.3, 0.4) is 0 Å². The van der Waals surface area contributed by atoms with Gasteiger partial charge in [-0.05, 0) is 42.8 Å². The van der Waals surface area contributed by atoms with Gasteiger partial charge in [-0.15, -0.1) is 0 Å². The molecule has 0 aliphatic rings. The molecular formula is C18H21NO4. The van der Waals surface area contributed by atoms with Crippen molar-refractivity contribution in [2.24, 2.45) is 0 Å². The van der Waals surface area contributed by atoms with Gasteiger partial charge in [-0.3, -0.25) is 10.1 Å². The highest BCUT2D eigenvalue weighted by molar-refractivity contribution is 5.66. The number of carboxylic acid groups (broad SMARTS) is 1. The number of rotatable bonds is 9. The smallest absolute Gasteiger partial charge is 0.304 e. The summed E-state index contributed by atoms with van der Waals surface area (Å²) in [6.07, 6.45) is 0.598. The van der Waals surface area contributed by atoms with E-state index < -0.39 is 5.97 Å². The van der Waals surface area contributed by atoms with Gasteiger partial charge in [0.05, 0.1) is 6.42 Å². The fourth-order valence-corrected chi connectivity index (χ4v) is 1.98. The third-order valence-corrected chi connectivity index (χ3v) is 3.16. The fourth-order valence-electron chi connectivity index (χ4n) is 1.98. The van der Waals surface area contributed by atoms with Gasteiger partial charge >= 0.3 is 5.97 Å². The van der Waals surface area contributed by atoms with E-state index in [4.69, 9.17) is 14.6 Å². The Kier molecular flexibility index (Phi) is 6.44. The summed E-state index contributed by atoms with van der Waals surface area (Å²) in [5.41, 5.74) is 0. The van der Waals surface area contributed by atoms with Gasteiger partial charge in [0, 0.05) is 6.54 Å². The summed E-state index contributed by atoms with van der Waals surface area (Å²) in [7, 11) is 0. The Morgan fingerprint density at radius 2 is 1.65 bits per heavy atom. The maximum Gasteiger partial charge on any atom is 0.304 e. The number of hydrogen-bond donors (Lipinski definition) is 2. The molecule has 0 heterocycles. The molecule has 0 bridgehead atoms. The third kappa shape index (κ3) is 6.00. The van der Waals surface area contributed by atoms with E-state index >= 15 is 0 Å². The number of hydrogen-bond acceptors (Lipinski definition) is 4. The summed E-state index contributed by atoms with van der Waals surface area (Å²) in [6, 6.07) is 16.9. The van der Waals surface area contributed by atoms with E-state index in [-0.39, 0.29) is 12.6 Å². The Morgan fingerprint density at radius 1 is 1.04 bits per heavy atom. The van der Waals surface area contributed by atoms with Crippen molar-refractivity contribution in [3.8, 4) is 17.2 Å². The summed E-state index contributed by atoms with van der Waals surface area (Å²) in [6.45, 7) is 2.36. The zero-order valence-corrected chi connectivity index (χ0v) is 13.1. The maximum atomic E-state index is 10.5. The van der Waals surface area contributed by atoms with Gasteiger partial charge in [-0.25, -0.2) is 0 Å². The van der Waals surface area contributed by atoms with E-state index in [2.05, 4.69) is 5.32 Å². The van der Waals surface area contributed by atoms with E-state index in [1.54, 1.807) is 0 Å². The predicted molar refractivity (Wildman–Crippen MR) is 87.9 cm³/mol. The molecule has 2 aromatic rings. The van der Waals surface area contributed by atoms with Gasteiger partial charge in [0.25, 0.3) is 0 Å². The van der Waals surface area contributed by atoms with Crippen LogP contribution in [0.5, 0.6) is 17.2 Å². The predicted octanol–water partition coefficient (Wildman–Crippen LogP) is 3.66. The molecule has 0 amide bonds. The zero-order chi connectivity index (χ0) is 16.5. The number of carbonyl (C=O) groups is 1. The first-order valence-corrected chi connectivity index (χ1v) is 7.62. The van der Waals surface area contributed by atoms with Crippen LogP contribution in [0.15, 0.2) is 54.6 Å². The van der Waals surface area contributed by atoms with Crippen molar-refractivity contribution in [2.45, 2.75) is 26.0 Å². The quantitative estimate of drug-likeness (QED) is 0.691. The molecule has 1 unspecified atom stereocenters. The lowest BCUT2D eigenvalue weighted by Gasteiger charge is -2.18. The molecule has 5 heteroatoms. The minimum atomic E-state index is -0.824. The molecule has 5 nitrogen and oxygen atoms in total. The molecule has 0 aliphatic heterocycles. The van der Waals surface area contributed by atoms with Crippen molar-refractivity contribution in [3.63, 3.8) is 0 Å². The monoisotopic (exact) mass is 315 g/mol. The molecule has 122 valence electrons. The number of benzene rings is 2. The first kappa shape index (κ1) is 16.8. The molecule has 0 aliphatic carbocycles. The zero-order valence-electron chi connectivity index (χ0n) is 13.1. The first-order chi connectivity index (χ1) is 11.2. The maximum absolute atomic E-state index is 10.5. The Bertz CT molecular complexity index is 598. The van der Waals surface area contributed by atoms with Crippen LogP contribution < -0.4 is 14.8 Å². The molecule has 0 fully saturated rings. The normalized spacial score (nSPS) is 11.7. The van der Waals surface area contributed by atoms with Crippen LogP contribution in [0.4, 0.5) is 0 Å². The van der Waals surface area contributed by atoms with Crippen LogP contribution in [0.25, 0.3) is 0 Å². The van der Waals surface area contributed by atoms with Gasteiger partial charge in [-0.1, -0.05) is 25.1 Å². The molecular weight excluding hydrogens is 294 g/mol. The van der Waals surface area contributed by atoms with E-state index in [0.29, 0.717) is 12.3 Å². The Labute approximate surface area is 135 Å². The van der Waals surface area contributed by atoms with Crippen LogP contribution in [-0.2, 0) is 4.79 Å². The Morgan fingerprint density at radius 3 is 2.26 bits per heavy atom. The van der Waals surface area contributed by atoms with Gasteiger partial charge in [-0.2, -0.15) is 0 Å². The SMILES string of the molecule is CCC(NCCC(=O)O)Oc1ccc(Oc2ccccc2)cc1. The summed E-state index contributed by atoms with van der Waals surface area (Å²) >= 11 is 0. The summed E-state index contributed by atoms with van der Waals surface area (Å²) in [5.74, 6) is 1.40. The van der Waals surface area contributed by atoms with Crippen molar-refractivity contribution < 1.29 is 19.4 Å². The number of nitrogens with one attached hydrogen (secondary N) is 1. The number of carboxylic acids is 1. The standard InChI is InChI=1S/C18H21NO4/c1-2-17(19-13-12-18(20)21)23-16-10-8-15(9-11-16)22-14-6-4-3-5-7-14/h3-11,17,19H,2,12-13H2,1H3,(H,20,21). The van der Waals surface area contributed by atoms with Crippen molar-refractivity contribution in [2.75, 3.05) is 6.54 Å². The highest BCUT2D eigenvalue weighted by atomic mass is 16.5. The van der Waals surface area contributed by atoms with E-state index in [1.807, 2.05) is 61.5 Å². The van der Waals surface area contributed by atoms with E-state index in [1.165, 1.54) is 0 Å². The highest BCUT2D eigenvalue weighted by Gasteiger charge is 2.08. The van der Waals surface area contributed by atoms with Gasteiger partial charge in [0.1, 0.15) is 23.5 Å². The molecule has 2 rings (SSSR count). The second-order valence-corrected chi connectivity index (χ2v) is 5.00. The van der Waals surface area contributed by atoms with Crippen LogP contribution >= 0.6 is 0 Å². The molecule has 0 spiro atoms. The molecule has 0 radical (unpaired) electrons. The fraction of sp³-hybridized carbons (Fsp3) is 0.278. The summed E-state index contributed by atoms with van der Waals surface area (Å²) in [4.78, 5) is 10.5. The summed E-state index contributed by atoms with van der Waals surface area (Å²) in [5, 5.41) is 11.7. The minimum absolute atomic E-state index is 0.0731. The summed E-state index contributed by atoms with van der Waals surface area (Å²) < 4.78 is 11.5. The Balaban J connectivity index is 1.87. The van der Waals surface area contributed by atoms with Crippen molar-refractivity contribution in [1.82, 2.24) is 5.32 Å². The third-order valence-electron chi connectivity index (χ3n) is 3.16. The first-order valence-electron chi connectivity index (χ1n) is 7.62. The topological polar surface area (TPSA) is 67.8 Å². The van der Waals surface area contributed by atoms with Crippen LogP contribution in [-0.4, -0.2) is 23.8 Å². The number of ether oxygens (including phenoxy) is 2. The van der Waals surface area contributed by atoms with Gasteiger partial charge in [0.2, 0.25) is 0 Å². The average molecular weight is 315 g/mol. The van der Waals surface area contributed by atoms with Crippen molar-refractivity contribution >= 4 is 5.97 Å². The molecule has 2 aromatic carbocycles. The average Bonchev–Trinajstić information content (AvgIpc) is 2.56. The Hall–Kier alpha value is -2.53. The van der Waals surface area contributed by atoms with Crippen LogP contribution in [0, 0.1) is 0 Å². The lowest BCUT2D eigenvalue weighted by atomic mass is 10.3. The van der Waals surface area contributed by atoms with Gasteiger partial charge < -0.3 is 14.6 Å². The molecule has 1 atom stereocenters. The minimum Gasteiger partial charge on any atom is -0.481 e. The number of aliphatic carboxylic acids is 1. The highest BCUT2D eigenvalue weighted by Crippen LogP contribution is 2.24. The van der Waals surface area contributed by atoms with Crippen molar-refractivity contribution in [1.29, 1.82) is 0 Å². The molecule has 0 saturated carbocycles. The van der Waals surface area contributed by atoms with Gasteiger partial charge in [0.15, 0.2) is 0 Å². The van der Waals surface area contributed by atoms with E-state index in [9.17, 15) is 4.79 Å². The van der Waals surface area contributed by atoms with Crippen molar-refractivity contribution in [3.05, 3.63) is 54.6 Å². The largest absolute Gasteiger partial charge is 0.481 e. The second-order valence-electron chi connectivity index (χ2n) is 5.00. The second kappa shape index (κ2) is 8.80.